The summed E-state index contributed by atoms with van der Waals surface area (Å²) in [5.41, 5.74) is 2.12. The summed E-state index contributed by atoms with van der Waals surface area (Å²) in [6.07, 6.45) is 3.96. The van der Waals surface area contributed by atoms with Crippen molar-refractivity contribution in [3.05, 3.63) is 41.1 Å². The largest absolute Gasteiger partial charge is 0.309 e. The van der Waals surface area contributed by atoms with Crippen molar-refractivity contribution in [3.8, 4) is 0 Å². The Balaban J connectivity index is 1.59. The third-order valence-corrected chi connectivity index (χ3v) is 7.16. The summed E-state index contributed by atoms with van der Waals surface area (Å²) in [4.78, 5) is 12.6. The number of hydrogen-bond donors (Lipinski definition) is 3. The molecule has 8 heteroatoms. The van der Waals surface area contributed by atoms with Crippen molar-refractivity contribution in [3.63, 3.8) is 0 Å². The van der Waals surface area contributed by atoms with Crippen LogP contribution in [0.15, 0.2) is 29.2 Å². The van der Waals surface area contributed by atoms with Crippen LogP contribution < -0.4 is 10.6 Å². The lowest BCUT2D eigenvalue weighted by Gasteiger charge is -2.12. The number of carbonyl (C=O) groups excluding carboxylic acids is 1. The molecule has 0 saturated heterocycles. The van der Waals surface area contributed by atoms with E-state index in [0.29, 0.717) is 18.1 Å². The summed E-state index contributed by atoms with van der Waals surface area (Å²) < 4.78 is 26.0. The maximum Gasteiger partial charge on any atom is 0.228 e. The Morgan fingerprint density at radius 1 is 1.27 bits per heavy atom. The van der Waals surface area contributed by atoms with Gasteiger partial charge in [-0.3, -0.25) is 15.2 Å². The third-order valence-electron chi connectivity index (χ3n) is 5.22. The van der Waals surface area contributed by atoms with Gasteiger partial charge in [0.2, 0.25) is 5.91 Å². The standard InChI is InChI=1S/C18H22N4O3S/c1-11-5-4-8-13(9-11)26(24,25)18-15-14(10-19-18)16(22-21-15)20-17(23)12-6-2-3-7-12/h4-5,8-9,12,18-19H,2-3,6-7,10H2,1H3,(H2,20,21,22,23). The molecular weight excluding hydrogens is 352 g/mol. The molecule has 2 aliphatic rings. The molecule has 26 heavy (non-hydrogen) atoms. The van der Waals surface area contributed by atoms with Crippen LogP contribution in [0.4, 0.5) is 5.82 Å². The fraction of sp³-hybridized carbons (Fsp3) is 0.444. The average Bonchev–Trinajstić information content (AvgIpc) is 3.33. The van der Waals surface area contributed by atoms with Crippen molar-refractivity contribution in [2.45, 2.75) is 49.4 Å². The van der Waals surface area contributed by atoms with Gasteiger partial charge in [0.05, 0.1) is 10.6 Å². The van der Waals surface area contributed by atoms with Gasteiger partial charge in [-0.1, -0.05) is 25.0 Å². The van der Waals surface area contributed by atoms with Gasteiger partial charge >= 0.3 is 0 Å². The lowest BCUT2D eigenvalue weighted by atomic mass is 10.1. The average molecular weight is 374 g/mol. The van der Waals surface area contributed by atoms with Crippen LogP contribution in [0.2, 0.25) is 0 Å². The first-order valence-corrected chi connectivity index (χ1v) is 10.4. The number of benzene rings is 1. The molecule has 0 spiro atoms. The van der Waals surface area contributed by atoms with Gasteiger partial charge in [-0.2, -0.15) is 5.10 Å². The number of aromatic amines is 1. The van der Waals surface area contributed by atoms with Crippen molar-refractivity contribution in [2.24, 2.45) is 5.92 Å². The molecule has 138 valence electrons. The normalized spacial score (nSPS) is 20.3. The second-order valence-corrected chi connectivity index (χ2v) is 9.09. The zero-order valence-corrected chi connectivity index (χ0v) is 15.4. The highest BCUT2D eigenvalue weighted by molar-refractivity contribution is 7.91. The minimum atomic E-state index is -3.60. The molecule has 1 aromatic heterocycles. The molecule has 0 radical (unpaired) electrons. The van der Waals surface area contributed by atoms with Crippen molar-refractivity contribution < 1.29 is 13.2 Å². The van der Waals surface area contributed by atoms with Crippen LogP contribution in [0.25, 0.3) is 0 Å². The molecule has 7 nitrogen and oxygen atoms in total. The first-order valence-electron chi connectivity index (χ1n) is 8.89. The minimum absolute atomic E-state index is 0.0261. The lowest BCUT2D eigenvalue weighted by Crippen LogP contribution is -2.24. The molecule has 1 amide bonds. The van der Waals surface area contributed by atoms with Gasteiger partial charge in [0, 0.05) is 18.0 Å². The van der Waals surface area contributed by atoms with E-state index >= 15 is 0 Å². The Labute approximate surface area is 152 Å². The molecule has 4 rings (SSSR count). The van der Waals surface area contributed by atoms with Crippen molar-refractivity contribution in [2.75, 3.05) is 5.32 Å². The molecule has 1 aliphatic heterocycles. The quantitative estimate of drug-likeness (QED) is 0.762. The molecule has 2 aromatic rings. The van der Waals surface area contributed by atoms with E-state index < -0.39 is 15.2 Å². The second-order valence-electron chi connectivity index (χ2n) is 7.06. The zero-order chi connectivity index (χ0) is 18.3. The van der Waals surface area contributed by atoms with Crippen LogP contribution in [0.3, 0.4) is 0 Å². The van der Waals surface area contributed by atoms with Crippen molar-refractivity contribution >= 4 is 21.6 Å². The van der Waals surface area contributed by atoms with E-state index in [4.69, 9.17) is 0 Å². The third kappa shape index (κ3) is 2.93. The first-order chi connectivity index (χ1) is 12.5. The van der Waals surface area contributed by atoms with Crippen LogP contribution in [0, 0.1) is 12.8 Å². The van der Waals surface area contributed by atoms with Gasteiger partial charge in [0.1, 0.15) is 0 Å². The van der Waals surface area contributed by atoms with Crippen molar-refractivity contribution in [1.29, 1.82) is 0 Å². The molecule has 1 saturated carbocycles. The molecule has 1 fully saturated rings. The maximum atomic E-state index is 13.0. The van der Waals surface area contributed by atoms with Gasteiger partial charge in [0.25, 0.3) is 0 Å². The van der Waals surface area contributed by atoms with E-state index in [1.54, 1.807) is 18.2 Å². The smallest absolute Gasteiger partial charge is 0.228 e. The lowest BCUT2D eigenvalue weighted by molar-refractivity contribution is -0.119. The van der Waals surface area contributed by atoms with Crippen molar-refractivity contribution in [1.82, 2.24) is 15.5 Å². The van der Waals surface area contributed by atoms with E-state index in [0.717, 1.165) is 36.8 Å². The number of aromatic nitrogens is 2. The fourth-order valence-corrected chi connectivity index (χ4v) is 5.47. The van der Waals surface area contributed by atoms with Crippen LogP contribution >= 0.6 is 0 Å². The number of H-pyrrole nitrogens is 1. The van der Waals surface area contributed by atoms with E-state index in [1.807, 2.05) is 13.0 Å². The highest BCUT2D eigenvalue weighted by Gasteiger charge is 2.38. The molecule has 2 heterocycles. The maximum absolute atomic E-state index is 13.0. The zero-order valence-electron chi connectivity index (χ0n) is 14.6. The van der Waals surface area contributed by atoms with E-state index in [-0.39, 0.29) is 16.7 Å². The summed E-state index contributed by atoms with van der Waals surface area (Å²) in [6, 6.07) is 6.85. The second kappa shape index (κ2) is 6.51. The van der Waals surface area contributed by atoms with Crippen LogP contribution in [-0.4, -0.2) is 24.5 Å². The molecular formula is C18H22N4O3S. The number of rotatable bonds is 4. The number of aryl methyl sites for hydroxylation is 1. The number of carbonyl (C=O) groups is 1. The summed E-state index contributed by atoms with van der Waals surface area (Å²) in [5.74, 6) is 0.441. The molecule has 1 unspecified atom stereocenters. The number of nitrogens with zero attached hydrogens (tertiary/aromatic N) is 1. The monoisotopic (exact) mass is 374 g/mol. The Hall–Kier alpha value is -2.19. The SMILES string of the molecule is Cc1cccc(S(=O)(=O)C2NCc3c(NC(=O)C4CCCC4)n[nH]c32)c1. The minimum Gasteiger partial charge on any atom is -0.309 e. The van der Waals surface area contributed by atoms with Gasteiger partial charge in [-0.25, -0.2) is 8.42 Å². The highest BCUT2D eigenvalue weighted by Crippen LogP contribution is 2.36. The number of sulfone groups is 1. The fourth-order valence-electron chi connectivity index (χ4n) is 3.77. The summed E-state index contributed by atoms with van der Waals surface area (Å²) in [6.45, 7) is 2.21. The molecule has 0 bridgehead atoms. The van der Waals surface area contributed by atoms with E-state index in [9.17, 15) is 13.2 Å². The first kappa shape index (κ1) is 17.2. The van der Waals surface area contributed by atoms with Crippen LogP contribution in [0.5, 0.6) is 0 Å². The molecule has 1 aromatic carbocycles. The predicted molar refractivity (Wildman–Crippen MR) is 97.1 cm³/mol. The molecule has 1 atom stereocenters. The Bertz CT molecular complexity index is 945. The van der Waals surface area contributed by atoms with Gasteiger partial charge in [-0.05, 0) is 37.5 Å². The van der Waals surface area contributed by atoms with Crippen LogP contribution in [-0.2, 0) is 21.2 Å². The number of fused-ring (bicyclic) bond motifs is 1. The molecule has 1 aliphatic carbocycles. The molecule has 3 N–H and O–H groups in total. The van der Waals surface area contributed by atoms with Gasteiger partial charge in [-0.15, -0.1) is 0 Å². The Morgan fingerprint density at radius 3 is 2.77 bits per heavy atom. The number of anilines is 1. The number of hydrogen-bond acceptors (Lipinski definition) is 5. The topological polar surface area (TPSA) is 104 Å². The predicted octanol–water partition coefficient (Wildman–Crippen LogP) is 2.42. The van der Waals surface area contributed by atoms with E-state index in [2.05, 4.69) is 20.8 Å². The number of nitrogens with one attached hydrogen (secondary N) is 3. The summed E-state index contributed by atoms with van der Waals surface area (Å²) in [5, 5.41) is 12.0. The summed E-state index contributed by atoms with van der Waals surface area (Å²) in [7, 11) is -3.60. The van der Waals surface area contributed by atoms with Gasteiger partial charge in [0.15, 0.2) is 21.0 Å². The van der Waals surface area contributed by atoms with Crippen LogP contribution in [0.1, 0.15) is 47.9 Å². The Kier molecular flexibility index (Phi) is 4.32. The number of amides is 1. The van der Waals surface area contributed by atoms with Gasteiger partial charge < -0.3 is 5.32 Å². The van der Waals surface area contributed by atoms with E-state index in [1.165, 1.54) is 0 Å². The summed E-state index contributed by atoms with van der Waals surface area (Å²) >= 11 is 0. The highest BCUT2D eigenvalue weighted by atomic mass is 32.2. The Morgan fingerprint density at radius 2 is 2.04 bits per heavy atom.